The Morgan fingerprint density at radius 1 is 1.00 bits per heavy atom. The molecule has 12 nitrogen and oxygen atoms in total. The number of nitrogens with zero attached hydrogens (tertiary/aromatic N) is 4. The number of anilines is 2. The maximum atomic E-state index is 12.8. The third kappa shape index (κ3) is 5.95. The summed E-state index contributed by atoms with van der Waals surface area (Å²) in [6.07, 6.45) is 0.996. The molecule has 2 aromatic carbocycles. The van der Waals surface area contributed by atoms with E-state index in [0.717, 1.165) is 5.56 Å². The third-order valence-corrected chi connectivity index (χ3v) is 6.64. The summed E-state index contributed by atoms with van der Waals surface area (Å²) >= 11 is 0. The summed E-state index contributed by atoms with van der Waals surface area (Å²) in [6.45, 7) is 6.87. The van der Waals surface area contributed by atoms with Gasteiger partial charge in [0.25, 0.3) is 17.7 Å². The first-order chi connectivity index (χ1) is 19.1. The van der Waals surface area contributed by atoms with Crippen LogP contribution in [0.25, 0.3) is 0 Å². The molecule has 0 saturated carbocycles. The number of imide groups is 1. The number of fused-ring (bicyclic) bond motifs is 1. The average molecular weight is 546 g/mol. The number of H-pyrrole nitrogens is 1. The van der Waals surface area contributed by atoms with Crippen molar-refractivity contribution in [1.29, 1.82) is 0 Å². The highest BCUT2D eigenvalue weighted by molar-refractivity contribution is 6.21. The van der Waals surface area contributed by atoms with E-state index in [-0.39, 0.29) is 36.3 Å². The van der Waals surface area contributed by atoms with Crippen molar-refractivity contribution in [2.45, 2.75) is 51.8 Å². The largest absolute Gasteiger partial charge is 0.444 e. The molecule has 2 aliphatic rings. The van der Waals surface area contributed by atoms with E-state index in [2.05, 4.69) is 25.8 Å². The normalized spacial score (nSPS) is 15.7. The number of rotatable bonds is 6. The fourth-order valence-electron chi connectivity index (χ4n) is 4.65. The van der Waals surface area contributed by atoms with Crippen LogP contribution in [-0.4, -0.2) is 68.6 Å². The molecule has 0 atom stereocenters. The fourth-order valence-corrected chi connectivity index (χ4v) is 4.65. The first-order valence-corrected chi connectivity index (χ1v) is 13.1. The van der Waals surface area contributed by atoms with E-state index >= 15 is 0 Å². The van der Waals surface area contributed by atoms with E-state index < -0.39 is 11.7 Å². The second-order valence-corrected chi connectivity index (χ2v) is 10.8. The molecule has 3 aromatic rings. The highest BCUT2D eigenvalue weighted by atomic mass is 16.6. The molecular formula is C28H31N7O5. The molecule has 0 unspecified atom stereocenters. The van der Waals surface area contributed by atoms with E-state index in [1.54, 1.807) is 48.5 Å². The van der Waals surface area contributed by atoms with Gasteiger partial charge in [0, 0.05) is 24.7 Å². The van der Waals surface area contributed by atoms with Crippen molar-refractivity contribution in [2.24, 2.45) is 0 Å². The topological polar surface area (TPSA) is 150 Å². The maximum absolute atomic E-state index is 12.8. The Bertz CT molecular complexity index is 1400. The van der Waals surface area contributed by atoms with Gasteiger partial charge in [-0.15, -0.1) is 5.10 Å². The smallest absolute Gasteiger partial charge is 0.407 e. The molecule has 40 heavy (non-hydrogen) atoms. The van der Waals surface area contributed by atoms with Crippen LogP contribution in [0.2, 0.25) is 0 Å². The summed E-state index contributed by atoms with van der Waals surface area (Å²) in [5.41, 5.74) is 1.36. The number of benzene rings is 2. The van der Waals surface area contributed by atoms with E-state index in [9.17, 15) is 19.2 Å². The maximum Gasteiger partial charge on any atom is 0.407 e. The lowest BCUT2D eigenvalue weighted by Crippen LogP contribution is -2.46. The Morgan fingerprint density at radius 2 is 1.62 bits per heavy atom. The van der Waals surface area contributed by atoms with Crippen LogP contribution in [0.4, 0.5) is 16.7 Å². The van der Waals surface area contributed by atoms with Crippen molar-refractivity contribution in [1.82, 2.24) is 25.4 Å². The van der Waals surface area contributed by atoms with Gasteiger partial charge in [-0.3, -0.25) is 24.6 Å². The molecule has 0 radical (unpaired) electrons. The lowest BCUT2D eigenvalue weighted by molar-refractivity contribution is 0.0496. The Kier molecular flexibility index (Phi) is 7.24. The molecule has 3 heterocycles. The zero-order valence-corrected chi connectivity index (χ0v) is 22.6. The summed E-state index contributed by atoms with van der Waals surface area (Å²) < 4.78 is 5.32. The molecule has 1 fully saturated rings. The summed E-state index contributed by atoms with van der Waals surface area (Å²) in [5.74, 6) is -0.360. The molecule has 2 aliphatic heterocycles. The summed E-state index contributed by atoms with van der Waals surface area (Å²) in [5, 5.41) is 12.6. The molecule has 0 bridgehead atoms. The van der Waals surface area contributed by atoms with Crippen LogP contribution in [0.3, 0.4) is 0 Å². The van der Waals surface area contributed by atoms with Crippen LogP contribution in [0.1, 0.15) is 70.3 Å². The lowest BCUT2D eigenvalue weighted by atomic mass is 10.1. The number of amides is 4. The minimum atomic E-state index is -0.547. The van der Waals surface area contributed by atoms with Gasteiger partial charge in [0.15, 0.2) is 0 Å². The molecule has 4 amide bonds. The average Bonchev–Trinajstić information content (AvgIpc) is 3.47. The number of nitrogens with one attached hydrogen (secondary N) is 3. The molecule has 1 aromatic heterocycles. The van der Waals surface area contributed by atoms with Crippen molar-refractivity contribution in [3.05, 3.63) is 70.8 Å². The van der Waals surface area contributed by atoms with Crippen molar-refractivity contribution >= 4 is 35.7 Å². The van der Waals surface area contributed by atoms with E-state index in [1.165, 1.54) is 4.90 Å². The number of aromatic amines is 1. The van der Waals surface area contributed by atoms with E-state index in [0.29, 0.717) is 48.6 Å². The number of carbonyl (C=O) groups excluding carboxylic acids is 4. The van der Waals surface area contributed by atoms with Gasteiger partial charge in [-0.2, -0.15) is 4.98 Å². The van der Waals surface area contributed by atoms with Crippen LogP contribution in [0.15, 0.2) is 48.5 Å². The molecule has 0 spiro atoms. The number of aromatic nitrogens is 3. The summed E-state index contributed by atoms with van der Waals surface area (Å²) in [4.78, 5) is 57.6. The molecule has 3 N–H and O–H groups in total. The Labute approximate surface area is 231 Å². The quantitative estimate of drug-likeness (QED) is 0.399. The number of alkyl carbamates (subject to hydrolysis) is 1. The minimum Gasteiger partial charge on any atom is -0.444 e. The second-order valence-electron chi connectivity index (χ2n) is 10.8. The number of hydrogen-bond acceptors (Lipinski definition) is 8. The first-order valence-electron chi connectivity index (χ1n) is 13.1. The summed E-state index contributed by atoms with van der Waals surface area (Å²) in [6, 6.07) is 13.4. The Hall–Kier alpha value is -4.74. The monoisotopic (exact) mass is 545 g/mol. The zero-order valence-electron chi connectivity index (χ0n) is 22.6. The van der Waals surface area contributed by atoms with Gasteiger partial charge in [-0.25, -0.2) is 9.89 Å². The first kappa shape index (κ1) is 26.9. The van der Waals surface area contributed by atoms with Gasteiger partial charge in [0.05, 0.1) is 17.7 Å². The number of piperidine rings is 1. The molecule has 5 rings (SSSR count). The molecule has 208 valence electrons. The predicted octanol–water partition coefficient (Wildman–Crippen LogP) is 3.35. The summed E-state index contributed by atoms with van der Waals surface area (Å²) in [7, 11) is 0. The molecule has 0 aliphatic carbocycles. The van der Waals surface area contributed by atoms with Crippen molar-refractivity contribution < 1.29 is 23.9 Å². The van der Waals surface area contributed by atoms with Crippen molar-refractivity contribution in [2.75, 3.05) is 23.3 Å². The number of hydrogen-bond donors (Lipinski definition) is 3. The van der Waals surface area contributed by atoms with Gasteiger partial charge in [0.2, 0.25) is 11.9 Å². The third-order valence-electron chi connectivity index (χ3n) is 6.64. The van der Waals surface area contributed by atoms with Crippen LogP contribution in [0.5, 0.6) is 0 Å². The van der Waals surface area contributed by atoms with Crippen LogP contribution < -0.4 is 15.5 Å². The van der Waals surface area contributed by atoms with Crippen LogP contribution in [0, 0.1) is 0 Å². The number of carbonyl (C=O) groups is 4. The van der Waals surface area contributed by atoms with E-state index in [1.807, 2.05) is 25.7 Å². The van der Waals surface area contributed by atoms with Gasteiger partial charge in [-0.05, 0) is 63.4 Å². The molecule has 12 heteroatoms. The number of ether oxygens (including phenoxy) is 1. The van der Waals surface area contributed by atoms with Crippen molar-refractivity contribution in [3.8, 4) is 0 Å². The Balaban J connectivity index is 1.12. The highest BCUT2D eigenvalue weighted by Crippen LogP contribution is 2.24. The standard InChI is InChI=1S/C28H31N7O5/c1-28(2,3)40-27(39)29-19-12-14-34(15-13-19)26-31-25(32-33-26)30-22(36)18-10-8-17(9-11-18)16-35-23(37)20-6-4-5-7-21(20)24(35)38/h4-11,19H,12-16H2,1-3H3,(H,29,39)(H2,30,31,32,33,36). The van der Waals surface area contributed by atoms with Crippen LogP contribution >= 0.6 is 0 Å². The highest BCUT2D eigenvalue weighted by Gasteiger charge is 2.35. The predicted molar refractivity (Wildman–Crippen MR) is 146 cm³/mol. The van der Waals surface area contributed by atoms with Gasteiger partial charge in [-0.1, -0.05) is 24.3 Å². The minimum absolute atomic E-state index is 0.00390. The van der Waals surface area contributed by atoms with Gasteiger partial charge < -0.3 is 15.0 Å². The molecular weight excluding hydrogens is 514 g/mol. The fraction of sp³-hybridized carbons (Fsp3) is 0.357. The SMILES string of the molecule is CC(C)(C)OC(=O)NC1CCN(c2n[nH]c(NC(=O)c3ccc(CN4C(=O)c5ccccc5C4=O)cc3)n2)CC1. The van der Waals surface area contributed by atoms with Gasteiger partial charge in [0.1, 0.15) is 5.60 Å². The lowest BCUT2D eigenvalue weighted by Gasteiger charge is -2.32. The van der Waals surface area contributed by atoms with Crippen LogP contribution in [-0.2, 0) is 11.3 Å². The molecule has 1 saturated heterocycles. The van der Waals surface area contributed by atoms with Gasteiger partial charge >= 0.3 is 6.09 Å². The zero-order chi connectivity index (χ0) is 28.4. The second kappa shape index (κ2) is 10.8. The van der Waals surface area contributed by atoms with E-state index in [4.69, 9.17) is 4.74 Å². The van der Waals surface area contributed by atoms with Crippen molar-refractivity contribution in [3.63, 3.8) is 0 Å². The Morgan fingerprint density at radius 3 is 2.23 bits per heavy atom.